The molecule has 70 heavy (non-hydrogen) atoms. The van der Waals surface area contributed by atoms with E-state index in [-0.39, 0.29) is 56.4 Å². The van der Waals surface area contributed by atoms with E-state index in [1.165, 1.54) is 22.7 Å². The van der Waals surface area contributed by atoms with Crippen LogP contribution in [0.2, 0.25) is 0 Å². The van der Waals surface area contributed by atoms with Crippen molar-refractivity contribution in [3.63, 3.8) is 0 Å². The zero-order valence-corrected chi connectivity index (χ0v) is 38.5. The summed E-state index contributed by atoms with van der Waals surface area (Å²) in [7, 11) is 0. The number of ether oxygens (including phenoxy) is 2. The molecule has 8 aliphatic rings. The zero-order valence-electron chi connectivity index (χ0n) is 36.9. The molecule has 0 amide bonds. The first kappa shape index (κ1) is 43.6. The van der Waals surface area contributed by atoms with Crippen LogP contribution in [0.1, 0.15) is 116 Å². The van der Waals surface area contributed by atoms with Gasteiger partial charge in [-0.3, -0.25) is 9.59 Å². The monoisotopic (exact) mass is 966 g/mol. The molecule has 4 aromatic rings. The van der Waals surface area contributed by atoms with E-state index in [0.717, 1.165) is 121 Å². The van der Waals surface area contributed by atoms with Crippen molar-refractivity contribution in [2.75, 3.05) is 0 Å². The van der Waals surface area contributed by atoms with Crippen molar-refractivity contribution in [2.24, 2.45) is 11.8 Å². The van der Waals surface area contributed by atoms with Crippen LogP contribution in [0.15, 0.2) is 94.4 Å². The number of carbonyl (C=O) groups is 2. The predicted octanol–water partition coefficient (Wildman–Crippen LogP) is 14.0. The Morgan fingerprint density at radius 1 is 0.586 bits per heavy atom. The molecule has 6 aliphatic carbocycles. The van der Waals surface area contributed by atoms with Crippen molar-refractivity contribution in [3.8, 4) is 23.6 Å². The minimum atomic E-state index is -1.20. The van der Waals surface area contributed by atoms with Crippen LogP contribution in [0.25, 0.3) is 44.1 Å². The molecule has 12 rings (SSSR count). The highest BCUT2D eigenvalue weighted by Gasteiger charge is 2.50. The van der Waals surface area contributed by atoms with Gasteiger partial charge in [0.1, 0.15) is 22.7 Å². The molecule has 2 spiro atoms. The van der Waals surface area contributed by atoms with Crippen molar-refractivity contribution in [1.29, 1.82) is 10.5 Å². The number of thiophene rings is 2. The number of hydrogen-bond donors (Lipinski definition) is 0. The van der Waals surface area contributed by atoms with Gasteiger partial charge in [-0.15, -0.1) is 22.7 Å². The van der Waals surface area contributed by atoms with Crippen LogP contribution in [0.5, 0.6) is 11.5 Å². The highest BCUT2D eigenvalue weighted by Crippen LogP contribution is 2.60. The lowest BCUT2D eigenvalue weighted by atomic mass is 9.65. The summed E-state index contributed by atoms with van der Waals surface area (Å²) < 4.78 is 72.3. The Hall–Kier alpha value is -7.62. The number of Topliss-reactive ketones (excluding diaryl/α,β-unsaturated/α-hetero) is 2. The van der Waals surface area contributed by atoms with Gasteiger partial charge < -0.3 is 9.47 Å². The van der Waals surface area contributed by atoms with Crippen LogP contribution in [0, 0.1) is 70.9 Å². The van der Waals surface area contributed by atoms with E-state index in [9.17, 15) is 37.7 Å². The minimum Gasteiger partial charge on any atom is -0.481 e. The maximum Gasteiger partial charge on any atom is 0.270 e. The van der Waals surface area contributed by atoms with Crippen LogP contribution in [-0.2, 0) is 0 Å². The number of hydrogen-bond acceptors (Lipinski definition) is 8. The maximum absolute atomic E-state index is 14.6. The van der Waals surface area contributed by atoms with Gasteiger partial charge in [-0.25, -0.2) is 37.8 Å². The number of fused-ring (bicyclic) bond motifs is 11. The normalized spacial score (nSPS) is 24.3. The first-order valence-electron chi connectivity index (χ1n) is 23.0. The van der Waals surface area contributed by atoms with E-state index >= 15 is 0 Å². The molecule has 2 aromatic carbocycles. The molecule has 2 saturated carbocycles. The topological polar surface area (TPSA) is 109 Å². The Labute approximate surface area is 407 Å². The first-order valence-corrected chi connectivity index (χ1v) is 24.6. The summed E-state index contributed by atoms with van der Waals surface area (Å²) in [5.74, 6) is -4.87. The second-order valence-electron chi connectivity index (χ2n) is 18.8. The quantitative estimate of drug-likeness (QED) is 0.0857. The van der Waals surface area contributed by atoms with Gasteiger partial charge in [0.05, 0.1) is 35.0 Å². The van der Waals surface area contributed by atoms with E-state index in [1.807, 2.05) is 24.3 Å². The smallest absolute Gasteiger partial charge is 0.270 e. The Bertz CT molecular complexity index is 3340. The maximum atomic E-state index is 14.6. The lowest BCUT2D eigenvalue weighted by Crippen LogP contribution is -2.45. The third kappa shape index (κ3) is 6.40. The minimum absolute atomic E-state index is 0.00149. The number of allylic oxidation sites excluding steroid dienone is 10. The summed E-state index contributed by atoms with van der Waals surface area (Å²) in [5.41, 5.74) is 1.88. The molecule has 8 nitrogen and oxygen atoms in total. The van der Waals surface area contributed by atoms with Crippen LogP contribution in [-0.4, -0.2) is 22.8 Å². The summed E-state index contributed by atoms with van der Waals surface area (Å²) in [6.07, 6.45) is 21.6. The number of ketones is 2. The van der Waals surface area contributed by atoms with Crippen molar-refractivity contribution in [1.82, 2.24) is 0 Å². The van der Waals surface area contributed by atoms with Crippen molar-refractivity contribution in [2.45, 2.75) is 75.4 Å². The number of nitrogens with zero attached hydrogens (tertiary/aromatic N) is 4. The Kier molecular flexibility index (Phi) is 9.96. The Morgan fingerprint density at radius 2 is 0.957 bits per heavy atom. The summed E-state index contributed by atoms with van der Waals surface area (Å²) in [6.45, 7) is 15.4. The number of halogens is 4. The average Bonchev–Trinajstić information content (AvgIpc) is 4.09. The number of benzene rings is 2. The van der Waals surface area contributed by atoms with E-state index in [4.69, 9.17) is 22.6 Å². The number of rotatable bonds is 2. The van der Waals surface area contributed by atoms with E-state index < -0.39 is 57.4 Å². The third-order valence-corrected chi connectivity index (χ3v) is 17.2. The molecule has 2 aromatic heterocycles. The average molecular weight is 967 g/mol. The van der Waals surface area contributed by atoms with E-state index in [2.05, 4.69) is 34.0 Å². The van der Waals surface area contributed by atoms with Gasteiger partial charge in [0.15, 0.2) is 34.8 Å². The third-order valence-electron chi connectivity index (χ3n) is 15.0. The lowest BCUT2D eigenvalue weighted by Gasteiger charge is -2.48. The number of nitriles is 2. The zero-order chi connectivity index (χ0) is 48.4. The molecule has 4 heterocycles. The summed E-state index contributed by atoms with van der Waals surface area (Å²) >= 11 is 2.81. The van der Waals surface area contributed by atoms with Crippen LogP contribution >= 0.6 is 22.7 Å². The van der Waals surface area contributed by atoms with Crippen LogP contribution in [0.4, 0.5) is 17.6 Å². The highest BCUT2D eigenvalue weighted by atomic mass is 32.1. The van der Waals surface area contributed by atoms with Gasteiger partial charge in [-0.1, -0.05) is 37.1 Å². The van der Waals surface area contributed by atoms with Gasteiger partial charge in [0.2, 0.25) is 0 Å². The van der Waals surface area contributed by atoms with Crippen LogP contribution < -0.4 is 9.47 Å². The molecule has 0 radical (unpaired) electrons. The molecule has 2 fully saturated rings. The van der Waals surface area contributed by atoms with E-state index in [0.29, 0.717) is 21.3 Å². The molecule has 2 unspecified atom stereocenters. The summed E-state index contributed by atoms with van der Waals surface area (Å²) in [6, 6.07) is 10.8. The van der Waals surface area contributed by atoms with Crippen LogP contribution in [0.3, 0.4) is 0 Å². The Morgan fingerprint density at radius 3 is 1.31 bits per heavy atom. The van der Waals surface area contributed by atoms with E-state index in [1.54, 1.807) is 12.2 Å². The molecule has 342 valence electrons. The molecular formula is C56H34F4N4O4S2. The van der Waals surface area contributed by atoms with Crippen molar-refractivity contribution < 1.29 is 36.6 Å². The largest absolute Gasteiger partial charge is 0.481 e. The summed E-state index contributed by atoms with van der Waals surface area (Å²) in [5, 5.41) is 19.8. The molecule has 0 bridgehead atoms. The van der Waals surface area contributed by atoms with Crippen molar-refractivity contribution in [3.05, 3.63) is 182 Å². The molecule has 0 N–H and O–H groups in total. The molecule has 0 saturated heterocycles. The van der Waals surface area contributed by atoms with Gasteiger partial charge in [0.25, 0.3) is 11.4 Å². The molecule has 2 aliphatic heterocycles. The second-order valence-corrected chi connectivity index (χ2v) is 20.9. The van der Waals surface area contributed by atoms with Crippen molar-refractivity contribution >= 4 is 68.7 Å². The fourth-order valence-corrected chi connectivity index (χ4v) is 14.0. The standard InChI is InChI=1S/C56H34F4N4O4S2/c1-63-45(25-61)49-31-21-41(57)43(59)23-33(31)51(65)37(49)17-29-19-47-53(69-29)35-13-27-16-40-36(14-28(27)15-39(35)55(67-47)9-5-3-6-10-55)54-48(68-56(40)11-7-4-8-12-56)20-30(70-54)18-38-50(46(26-62)64-2)32-22-42(58)44(60)24-34(32)52(38)66/h13-24,27-28H,3-12H2/b37-17-,38-18-,49-45-,50-46+. The van der Waals surface area contributed by atoms with Gasteiger partial charge in [-0.2, -0.15) is 0 Å². The molecule has 2 atom stereocenters. The molecular weight excluding hydrogens is 933 g/mol. The first-order chi connectivity index (χ1) is 33.9. The second kappa shape index (κ2) is 16.0. The number of carbonyl (C=O) groups excluding carboxylic acids is 2. The Balaban J connectivity index is 0.969. The summed E-state index contributed by atoms with van der Waals surface area (Å²) in [4.78, 5) is 37.4. The van der Waals surface area contributed by atoms with Gasteiger partial charge in [-0.05, 0) is 122 Å². The van der Waals surface area contributed by atoms with Gasteiger partial charge in [0, 0.05) is 66.2 Å². The predicted molar refractivity (Wildman–Crippen MR) is 256 cm³/mol. The molecule has 14 heteroatoms. The highest BCUT2D eigenvalue weighted by molar-refractivity contribution is 7.15. The van der Waals surface area contributed by atoms with Gasteiger partial charge >= 0.3 is 0 Å². The fourth-order valence-electron chi connectivity index (χ4n) is 11.9. The SMILES string of the molecule is [C-]#[N+]/C(C#N)=C1\C(=C\c2cc3c(s2)C2=CC4C=C5C(=CC4C=C2C2(CCCCC2)O3)c2sc(/C=C3\C(=O)c4cc(F)c(F)cc4\C3=C(\C#N)[N+]#[C-])cc2OC52CCCCC2)C(=O)c2cc(F)c(F)cc21. The fraction of sp³-hybridized carbons (Fsp3) is 0.250. The lowest BCUT2D eigenvalue weighted by molar-refractivity contribution is 0.0636.